The number of piperidine rings is 1. The molecule has 6 heteroatoms. The molecule has 2 aromatic heterocycles. The van der Waals surface area contributed by atoms with Crippen molar-refractivity contribution in [1.82, 2.24) is 15.2 Å². The highest BCUT2D eigenvalue weighted by atomic mass is 32.1. The van der Waals surface area contributed by atoms with Gasteiger partial charge in [-0.15, -0.1) is 11.3 Å². The summed E-state index contributed by atoms with van der Waals surface area (Å²) < 4.78 is 5.48. The van der Waals surface area contributed by atoms with Crippen LogP contribution in [-0.4, -0.2) is 42.5 Å². The summed E-state index contributed by atoms with van der Waals surface area (Å²) in [5.41, 5.74) is 0.718. The van der Waals surface area contributed by atoms with Crippen molar-refractivity contribution in [3.05, 3.63) is 29.5 Å². The first-order valence-electron chi connectivity index (χ1n) is 8.17. The molecule has 3 heterocycles. The predicted molar refractivity (Wildman–Crippen MR) is 91.4 cm³/mol. The van der Waals surface area contributed by atoms with E-state index in [-0.39, 0.29) is 5.91 Å². The van der Waals surface area contributed by atoms with Gasteiger partial charge in [-0.25, -0.2) is 4.98 Å². The number of nitrogens with one attached hydrogen (secondary N) is 1. The van der Waals surface area contributed by atoms with Gasteiger partial charge in [-0.05, 0) is 50.2 Å². The van der Waals surface area contributed by atoms with Gasteiger partial charge in [0.25, 0.3) is 0 Å². The van der Waals surface area contributed by atoms with Crippen LogP contribution in [0.2, 0.25) is 0 Å². The summed E-state index contributed by atoms with van der Waals surface area (Å²) in [5.74, 6) is 1.50. The molecule has 0 unspecified atom stereocenters. The number of carbonyl (C=O) groups is 1. The zero-order valence-corrected chi connectivity index (χ0v) is 14.3. The lowest BCUT2D eigenvalue weighted by Crippen LogP contribution is -2.39. The molecule has 0 radical (unpaired) electrons. The van der Waals surface area contributed by atoms with Gasteiger partial charge in [-0.1, -0.05) is 6.07 Å². The van der Waals surface area contributed by atoms with Crippen molar-refractivity contribution < 1.29 is 9.21 Å². The van der Waals surface area contributed by atoms with Crippen molar-refractivity contribution in [2.75, 3.05) is 26.7 Å². The summed E-state index contributed by atoms with van der Waals surface area (Å²) in [7, 11) is 1.99. The molecule has 23 heavy (non-hydrogen) atoms. The lowest BCUT2D eigenvalue weighted by Gasteiger charge is -2.32. The molecule has 1 aliphatic rings. The lowest BCUT2D eigenvalue weighted by atomic mass is 9.93. The van der Waals surface area contributed by atoms with E-state index in [1.165, 1.54) is 6.42 Å². The van der Waals surface area contributed by atoms with Crippen molar-refractivity contribution in [3.63, 3.8) is 0 Å². The van der Waals surface area contributed by atoms with E-state index in [9.17, 15) is 4.79 Å². The number of aromatic nitrogens is 1. The van der Waals surface area contributed by atoms with E-state index >= 15 is 0 Å². The van der Waals surface area contributed by atoms with Gasteiger partial charge in [-0.2, -0.15) is 0 Å². The van der Waals surface area contributed by atoms with Crippen LogP contribution in [0.4, 0.5) is 0 Å². The standard InChI is InChI=1S/C17H23N3O2S/c1-18-7-4-13-5-8-20(9-6-13)16(21)11-14-12-22-17(19-14)15-3-2-10-23-15/h2-3,10,12-13,18H,4-9,11H2,1H3. The fraction of sp³-hybridized carbons (Fsp3) is 0.529. The molecule has 2 aromatic rings. The summed E-state index contributed by atoms with van der Waals surface area (Å²) in [6, 6.07) is 3.94. The van der Waals surface area contributed by atoms with Crippen LogP contribution in [0, 0.1) is 5.92 Å². The van der Waals surface area contributed by atoms with E-state index in [1.807, 2.05) is 29.5 Å². The second-order valence-electron chi connectivity index (χ2n) is 6.01. The molecule has 1 fully saturated rings. The highest BCUT2D eigenvalue weighted by molar-refractivity contribution is 7.13. The maximum absolute atomic E-state index is 12.4. The minimum absolute atomic E-state index is 0.156. The third kappa shape index (κ3) is 4.20. The van der Waals surface area contributed by atoms with Crippen LogP contribution in [0.5, 0.6) is 0 Å². The van der Waals surface area contributed by atoms with E-state index in [4.69, 9.17) is 4.42 Å². The number of hydrogen-bond donors (Lipinski definition) is 1. The molecule has 1 N–H and O–H groups in total. The summed E-state index contributed by atoms with van der Waals surface area (Å²) >= 11 is 1.59. The summed E-state index contributed by atoms with van der Waals surface area (Å²) in [6.07, 6.45) is 5.34. The molecule has 0 atom stereocenters. The number of rotatable bonds is 6. The van der Waals surface area contributed by atoms with E-state index in [1.54, 1.807) is 17.6 Å². The Morgan fingerprint density at radius 1 is 1.48 bits per heavy atom. The minimum Gasteiger partial charge on any atom is -0.444 e. The largest absolute Gasteiger partial charge is 0.444 e. The summed E-state index contributed by atoms with van der Waals surface area (Å²) in [4.78, 5) is 19.8. The van der Waals surface area contributed by atoms with Crippen molar-refractivity contribution in [1.29, 1.82) is 0 Å². The Kier molecular flexibility index (Phi) is 5.46. The third-order valence-electron chi connectivity index (χ3n) is 4.39. The van der Waals surface area contributed by atoms with Crippen molar-refractivity contribution >= 4 is 17.2 Å². The molecule has 3 rings (SSSR count). The molecule has 1 aliphatic heterocycles. The van der Waals surface area contributed by atoms with Crippen LogP contribution in [-0.2, 0) is 11.2 Å². The van der Waals surface area contributed by atoms with Gasteiger partial charge in [-0.3, -0.25) is 4.79 Å². The van der Waals surface area contributed by atoms with Crippen LogP contribution in [0.25, 0.3) is 10.8 Å². The molecule has 1 saturated heterocycles. The van der Waals surface area contributed by atoms with Gasteiger partial charge in [0, 0.05) is 13.1 Å². The Hall–Kier alpha value is -1.66. The van der Waals surface area contributed by atoms with E-state index in [0.29, 0.717) is 12.3 Å². The van der Waals surface area contributed by atoms with E-state index in [2.05, 4.69) is 10.3 Å². The minimum atomic E-state index is 0.156. The highest BCUT2D eigenvalue weighted by Crippen LogP contribution is 2.24. The number of thiophene rings is 1. The first-order valence-corrected chi connectivity index (χ1v) is 9.05. The van der Waals surface area contributed by atoms with Crippen LogP contribution in [0.15, 0.2) is 28.2 Å². The molecule has 5 nitrogen and oxygen atoms in total. The van der Waals surface area contributed by atoms with E-state index < -0.39 is 0 Å². The molecular formula is C17H23N3O2S. The second-order valence-corrected chi connectivity index (χ2v) is 6.96. The molecule has 0 aliphatic carbocycles. The number of oxazole rings is 1. The van der Waals surface area contributed by atoms with Gasteiger partial charge in [0.2, 0.25) is 11.8 Å². The number of carbonyl (C=O) groups excluding carboxylic acids is 1. The maximum Gasteiger partial charge on any atom is 0.236 e. The van der Waals surface area contributed by atoms with Crippen molar-refractivity contribution in [2.45, 2.75) is 25.7 Å². The Labute approximate surface area is 140 Å². The van der Waals surface area contributed by atoms with Crippen LogP contribution in [0.3, 0.4) is 0 Å². The molecule has 1 amide bonds. The third-order valence-corrected chi connectivity index (χ3v) is 5.24. The average molecular weight is 333 g/mol. The van der Waals surface area contributed by atoms with Gasteiger partial charge >= 0.3 is 0 Å². The average Bonchev–Trinajstić information content (AvgIpc) is 3.24. The van der Waals surface area contributed by atoms with Crippen molar-refractivity contribution in [3.8, 4) is 10.8 Å². The number of likely N-dealkylation sites (tertiary alicyclic amines) is 1. The molecule has 0 saturated carbocycles. The number of hydrogen-bond acceptors (Lipinski definition) is 5. The topological polar surface area (TPSA) is 58.4 Å². The Morgan fingerprint density at radius 3 is 3.00 bits per heavy atom. The molecular weight excluding hydrogens is 310 g/mol. The first-order chi connectivity index (χ1) is 11.3. The van der Waals surface area contributed by atoms with Crippen molar-refractivity contribution in [2.24, 2.45) is 5.92 Å². The fourth-order valence-electron chi connectivity index (χ4n) is 2.99. The van der Waals surface area contributed by atoms with Crippen LogP contribution >= 0.6 is 11.3 Å². The highest BCUT2D eigenvalue weighted by Gasteiger charge is 2.23. The summed E-state index contributed by atoms with van der Waals surface area (Å²) in [5, 5.41) is 5.19. The number of nitrogens with zero attached hydrogens (tertiary/aromatic N) is 2. The maximum atomic E-state index is 12.4. The quantitative estimate of drug-likeness (QED) is 0.883. The predicted octanol–water partition coefficient (Wildman–Crippen LogP) is 2.79. The molecule has 0 aromatic carbocycles. The molecule has 0 bridgehead atoms. The van der Waals surface area contributed by atoms with Crippen LogP contribution in [0.1, 0.15) is 25.0 Å². The Balaban J connectivity index is 1.50. The molecule has 0 spiro atoms. The number of amides is 1. The van der Waals surface area contributed by atoms with Gasteiger partial charge < -0.3 is 14.6 Å². The Morgan fingerprint density at radius 2 is 2.30 bits per heavy atom. The summed E-state index contributed by atoms with van der Waals surface area (Å²) in [6.45, 7) is 2.79. The normalized spacial score (nSPS) is 16.0. The van der Waals surface area contributed by atoms with Gasteiger partial charge in [0.15, 0.2) is 0 Å². The molecule has 124 valence electrons. The van der Waals surface area contributed by atoms with Gasteiger partial charge in [0.05, 0.1) is 17.0 Å². The Bertz CT molecular complexity index is 616. The smallest absolute Gasteiger partial charge is 0.236 e. The second kappa shape index (κ2) is 7.75. The van der Waals surface area contributed by atoms with E-state index in [0.717, 1.165) is 49.0 Å². The lowest BCUT2D eigenvalue weighted by molar-refractivity contribution is -0.131. The first kappa shape index (κ1) is 16.2. The van der Waals surface area contributed by atoms with Gasteiger partial charge in [0.1, 0.15) is 6.26 Å². The fourth-order valence-corrected chi connectivity index (χ4v) is 3.64. The SMILES string of the molecule is CNCCC1CCN(C(=O)Cc2coc(-c3cccs3)n2)CC1. The monoisotopic (exact) mass is 333 g/mol. The zero-order chi connectivity index (χ0) is 16.1. The zero-order valence-electron chi connectivity index (χ0n) is 13.5. The van der Waals surface area contributed by atoms with Crippen LogP contribution < -0.4 is 5.32 Å².